The van der Waals surface area contributed by atoms with Crippen molar-refractivity contribution in [2.24, 2.45) is 0 Å². The molecule has 0 amide bonds. The first-order chi connectivity index (χ1) is 20.6. The zero-order chi connectivity index (χ0) is 28.6. The van der Waals surface area contributed by atoms with E-state index in [9.17, 15) is 0 Å². The second-order valence-electron chi connectivity index (χ2n) is 11.4. The average molecular weight is 596 g/mol. The molecular formula is C30H35ClFN7O3. The Bertz CT molecular complexity index is 1590. The predicted molar refractivity (Wildman–Crippen MR) is 158 cm³/mol. The van der Waals surface area contributed by atoms with Crippen LogP contribution in [0.25, 0.3) is 21.8 Å². The topological polar surface area (TPSA) is 90.7 Å². The Hall–Kier alpha value is -3.28. The van der Waals surface area contributed by atoms with Gasteiger partial charge in [0.2, 0.25) is 5.88 Å². The van der Waals surface area contributed by atoms with Gasteiger partial charge in [-0.15, -0.1) is 0 Å². The number of benzene rings is 1. The molecule has 3 saturated heterocycles. The maximum atomic E-state index is 15.2. The molecule has 1 aromatic carbocycles. The number of likely N-dealkylation sites (N-methyl/N-ethyl adjacent to an activating group) is 1. The minimum absolute atomic E-state index is 0.141. The van der Waals surface area contributed by atoms with Crippen molar-refractivity contribution < 1.29 is 18.6 Å². The first kappa shape index (κ1) is 27.5. The van der Waals surface area contributed by atoms with Gasteiger partial charge in [-0.05, 0) is 71.0 Å². The van der Waals surface area contributed by atoms with Gasteiger partial charge >= 0.3 is 6.01 Å². The molecule has 222 valence electrons. The third-order valence-electron chi connectivity index (χ3n) is 8.65. The van der Waals surface area contributed by atoms with Gasteiger partial charge in [0.25, 0.3) is 0 Å². The molecule has 3 aromatic heterocycles. The van der Waals surface area contributed by atoms with E-state index in [2.05, 4.69) is 26.9 Å². The van der Waals surface area contributed by atoms with E-state index in [0.717, 1.165) is 75.8 Å². The summed E-state index contributed by atoms with van der Waals surface area (Å²) in [4.78, 5) is 18.8. The van der Waals surface area contributed by atoms with Crippen molar-refractivity contribution >= 4 is 39.2 Å². The van der Waals surface area contributed by atoms with Crippen LogP contribution in [0.3, 0.4) is 0 Å². The second-order valence-corrected chi connectivity index (χ2v) is 11.8. The Labute approximate surface area is 248 Å². The van der Waals surface area contributed by atoms with Crippen molar-refractivity contribution in [1.29, 1.82) is 0 Å². The summed E-state index contributed by atoms with van der Waals surface area (Å²) in [6.07, 6.45) is 11.5. The van der Waals surface area contributed by atoms with Gasteiger partial charge in [-0.3, -0.25) is 0 Å². The number of halogens is 2. The number of piperidine rings is 1. The van der Waals surface area contributed by atoms with E-state index in [0.29, 0.717) is 35.7 Å². The summed E-state index contributed by atoms with van der Waals surface area (Å²) in [5, 5.41) is 5.75. The molecule has 10 nitrogen and oxygen atoms in total. The SMILES string of the molecule is CN1CCC[C@H]1COc1nc(N2CCCCC2)c2ccnc(Oc3c(Cl)c(F)cc4c3cnn4C3CCCCO3)c2n1. The molecule has 0 spiro atoms. The molecule has 3 aliphatic rings. The zero-order valence-electron chi connectivity index (χ0n) is 23.8. The fraction of sp³-hybridized carbons (Fsp3) is 0.533. The summed E-state index contributed by atoms with van der Waals surface area (Å²) in [7, 11) is 2.11. The van der Waals surface area contributed by atoms with Gasteiger partial charge in [0, 0.05) is 38.0 Å². The highest BCUT2D eigenvalue weighted by Crippen LogP contribution is 2.42. The first-order valence-corrected chi connectivity index (χ1v) is 15.3. The minimum atomic E-state index is -0.606. The third-order valence-corrected chi connectivity index (χ3v) is 9.00. The van der Waals surface area contributed by atoms with Gasteiger partial charge in [0.1, 0.15) is 28.8 Å². The van der Waals surface area contributed by atoms with Gasteiger partial charge in [0.15, 0.2) is 12.0 Å². The molecule has 0 radical (unpaired) electrons. The number of likely N-dealkylation sites (tertiary alicyclic amines) is 1. The zero-order valence-corrected chi connectivity index (χ0v) is 24.5. The Morgan fingerprint density at radius 3 is 2.71 bits per heavy atom. The van der Waals surface area contributed by atoms with Crippen LogP contribution < -0.4 is 14.4 Å². The number of anilines is 1. The van der Waals surface area contributed by atoms with Gasteiger partial charge < -0.3 is 24.0 Å². The van der Waals surface area contributed by atoms with Crippen LogP contribution in [0.4, 0.5) is 10.2 Å². The number of ether oxygens (including phenoxy) is 3. The maximum Gasteiger partial charge on any atom is 0.319 e. The van der Waals surface area contributed by atoms with Crippen LogP contribution in [0, 0.1) is 5.82 Å². The van der Waals surface area contributed by atoms with Gasteiger partial charge in [0.05, 0.1) is 22.5 Å². The Balaban J connectivity index is 1.30. The van der Waals surface area contributed by atoms with E-state index in [1.54, 1.807) is 17.1 Å². The van der Waals surface area contributed by atoms with E-state index in [-0.39, 0.29) is 28.9 Å². The Morgan fingerprint density at radius 1 is 1.05 bits per heavy atom. The molecule has 0 N–H and O–H groups in total. The molecule has 0 aliphatic carbocycles. The normalized spacial score (nSPS) is 21.8. The highest BCUT2D eigenvalue weighted by Gasteiger charge is 2.27. The standard InChI is InChI=1S/C30H35ClFN7O3/c1-37-12-7-8-19(37)18-41-30-35-26-20(28(36-30)38-13-4-2-5-14-38)10-11-33-29(26)42-27-21-17-34-39(24-9-3-6-15-40-24)23(21)16-22(32)25(27)31/h10-11,16-17,19,24H,2-9,12-15,18H2,1H3/t19-,24?/m0/s1. The van der Waals surface area contributed by atoms with E-state index >= 15 is 4.39 Å². The third kappa shape index (κ3) is 5.22. The smallest absolute Gasteiger partial charge is 0.319 e. The lowest BCUT2D eigenvalue weighted by Crippen LogP contribution is -2.32. The number of pyridine rings is 1. The van der Waals surface area contributed by atoms with Crippen molar-refractivity contribution in [1.82, 2.24) is 29.6 Å². The molecule has 1 unspecified atom stereocenters. The lowest BCUT2D eigenvalue weighted by atomic mass is 10.1. The minimum Gasteiger partial charge on any atom is -0.462 e. The summed E-state index contributed by atoms with van der Waals surface area (Å²) >= 11 is 6.52. The Kier molecular flexibility index (Phi) is 7.72. The number of nitrogens with zero attached hydrogens (tertiary/aromatic N) is 7. The summed E-state index contributed by atoms with van der Waals surface area (Å²) < 4.78 is 35.4. The summed E-state index contributed by atoms with van der Waals surface area (Å²) in [5.74, 6) is 0.526. The monoisotopic (exact) mass is 595 g/mol. The summed E-state index contributed by atoms with van der Waals surface area (Å²) in [5.41, 5.74) is 1.03. The Morgan fingerprint density at radius 2 is 1.93 bits per heavy atom. The van der Waals surface area contributed by atoms with Gasteiger partial charge in [-0.2, -0.15) is 15.1 Å². The molecule has 3 fully saturated rings. The maximum absolute atomic E-state index is 15.2. The van der Waals surface area contributed by atoms with Crippen molar-refractivity contribution in [2.75, 3.05) is 44.8 Å². The number of aromatic nitrogens is 5. The average Bonchev–Trinajstić information content (AvgIpc) is 3.64. The van der Waals surface area contributed by atoms with Crippen LogP contribution in [-0.2, 0) is 4.74 Å². The molecule has 0 bridgehead atoms. The lowest BCUT2D eigenvalue weighted by Gasteiger charge is -2.29. The molecule has 2 atom stereocenters. The van der Waals surface area contributed by atoms with E-state index in [1.807, 2.05) is 6.07 Å². The quantitative estimate of drug-likeness (QED) is 0.250. The number of fused-ring (bicyclic) bond motifs is 2. The van der Waals surface area contributed by atoms with Crippen molar-refractivity contribution in [3.8, 4) is 17.6 Å². The van der Waals surface area contributed by atoms with Crippen molar-refractivity contribution in [3.05, 3.63) is 35.4 Å². The number of hydrogen-bond donors (Lipinski definition) is 0. The molecule has 6 heterocycles. The predicted octanol–water partition coefficient (Wildman–Crippen LogP) is 6.12. The second kappa shape index (κ2) is 11.8. The first-order valence-electron chi connectivity index (χ1n) is 15.0. The van der Waals surface area contributed by atoms with Crippen molar-refractivity contribution in [2.45, 2.75) is 63.6 Å². The highest BCUT2D eigenvalue weighted by molar-refractivity contribution is 6.33. The van der Waals surface area contributed by atoms with Crippen LogP contribution in [0.15, 0.2) is 24.5 Å². The van der Waals surface area contributed by atoms with Crippen LogP contribution in [0.1, 0.15) is 57.6 Å². The molecule has 7 rings (SSSR count). The molecule has 0 saturated carbocycles. The summed E-state index contributed by atoms with van der Waals surface area (Å²) in [6.45, 7) is 3.99. The molecule has 3 aliphatic heterocycles. The molecule has 42 heavy (non-hydrogen) atoms. The molecule has 4 aromatic rings. The molecular weight excluding hydrogens is 561 g/mol. The van der Waals surface area contributed by atoms with Gasteiger partial charge in [-0.25, -0.2) is 14.1 Å². The fourth-order valence-corrected chi connectivity index (χ4v) is 6.48. The van der Waals surface area contributed by atoms with Crippen molar-refractivity contribution in [3.63, 3.8) is 0 Å². The van der Waals surface area contributed by atoms with Gasteiger partial charge in [-0.1, -0.05) is 11.6 Å². The van der Waals surface area contributed by atoms with Crippen LogP contribution in [-0.4, -0.2) is 75.6 Å². The van der Waals surface area contributed by atoms with Crippen LogP contribution in [0.5, 0.6) is 17.6 Å². The van der Waals surface area contributed by atoms with E-state index < -0.39 is 5.82 Å². The lowest BCUT2D eigenvalue weighted by molar-refractivity contribution is -0.0366. The van der Waals surface area contributed by atoms with Crippen LogP contribution >= 0.6 is 11.6 Å². The van der Waals surface area contributed by atoms with E-state index in [4.69, 9.17) is 35.8 Å². The number of rotatable bonds is 7. The highest BCUT2D eigenvalue weighted by atomic mass is 35.5. The summed E-state index contributed by atoms with van der Waals surface area (Å²) in [6, 6.07) is 3.87. The number of hydrogen-bond acceptors (Lipinski definition) is 9. The van der Waals surface area contributed by atoms with E-state index in [1.165, 1.54) is 12.5 Å². The molecule has 12 heteroatoms. The largest absolute Gasteiger partial charge is 0.462 e. The fourth-order valence-electron chi connectivity index (χ4n) is 6.28. The van der Waals surface area contributed by atoms with Crippen LogP contribution in [0.2, 0.25) is 5.02 Å².